The number of hydrogen-bond acceptors (Lipinski definition) is 4. The van der Waals surface area contributed by atoms with Crippen molar-refractivity contribution in [2.45, 2.75) is 6.92 Å². The Morgan fingerprint density at radius 2 is 2.10 bits per heavy atom. The maximum absolute atomic E-state index is 14.1. The number of nitrogens with zero attached hydrogens (tertiary/aromatic N) is 2. The van der Waals surface area contributed by atoms with Crippen molar-refractivity contribution in [2.24, 2.45) is 0 Å². The molecule has 0 saturated carbocycles. The van der Waals surface area contributed by atoms with Gasteiger partial charge in [0, 0.05) is 12.6 Å². The molecule has 0 radical (unpaired) electrons. The van der Waals surface area contributed by atoms with Crippen molar-refractivity contribution in [1.82, 2.24) is 4.98 Å². The molecule has 0 spiro atoms. The van der Waals surface area contributed by atoms with E-state index in [9.17, 15) is 18.9 Å². The van der Waals surface area contributed by atoms with E-state index in [1.165, 1.54) is 12.1 Å². The van der Waals surface area contributed by atoms with E-state index < -0.39 is 22.1 Å². The van der Waals surface area contributed by atoms with Gasteiger partial charge in [0.15, 0.2) is 0 Å². The molecule has 0 aliphatic carbocycles. The minimum absolute atomic E-state index is 0.0530. The lowest BCUT2D eigenvalue weighted by atomic mass is 10.1. The van der Waals surface area contributed by atoms with Crippen LogP contribution in [0.1, 0.15) is 6.92 Å². The zero-order valence-corrected chi connectivity index (χ0v) is 12.4. The van der Waals surface area contributed by atoms with Gasteiger partial charge in [-0.2, -0.15) is 0 Å². The molecule has 1 aromatic carbocycles. The third kappa shape index (κ3) is 3.15. The molecule has 5 nitrogen and oxygen atoms in total. The molecule has 2 aromatic rings. The number of pyridine rings is 1. The maximum atomic E-state index is 14.1. The number of benzene rings is 1. The van der Waals surface area contributed by atoms with Crippen molar-refractivity contribution in [3.05, 3.63) is 50.5 Å². The van der Waals surface area contributed by atoms with Crippen LogP contribution in [0.5, 0.6) is 0 Å². The highest BCUT2D eigenvalue weighted by Crippen LogP contribution is 2.32. The van der Waals surface area contributed by atoms with Gasteiger partial charge in [-0.3, -0.25) is 10.1 Å². The van der Waals surface area contributed by atoms with Crippen molar-refractivity contribution < 1.29 is 13.7 Å². The number of nitrogens with one attached hydrogen (secondary N) is 1. The molecule has 1 aromatic heterocycles. The summed E-state index contributed by atoms with van der Waals surface area (Å²) in [6.07, 6.45) is 0. The summed E-state index contributed by atoms with van der Waals surface area (Å²) in [6, 6.07) is 4.53. The van der Waals surface area contributed by atoms with Gasteiger partial charge in [0.1, 0.15) is 17.5 Å². The van der Waals surface area contributed by atoms with Crippen LogP contribution in [0.4, 0.5) is 20.3 Å². The Labute approximate surface area is 127 Å². The summed E-state index contributed by atoms with van der Waals surface area (Å²) < 4.78 is 28.0. The van der Waals surface area contributed by atoms with Gasteiger partial charge >= 0.3 is 0 Å². The molecule has 0 saturated heterocycles. The van der Waals surface area contributed by atoms with E-state index in [4.69, 9.17) is 0 Å². The molecule has 0 amide bonds. The Balaban J connectivity index is 2.68. The van der Waals surface area contributed by atoms with Crippen LogP contribution in [0, 0.1) is 21.7 Å². The van der Waals surface area contributed by atoms with E-state index in [1.54, 1.807) is 6.92 Å². The van der Waals surface area contributed by atoms with Gasteiger partial charge in [0.25, 0.3) is 5.69 Å². The van der Waals surface area contributed by atoms with E-state index in [0.29, 0.717) is 6.54 Å². The number of nitro groups is 1. The van der Waals surface area contributed by atoms with E-state index in [1.807, 2.05) is 0 Å². The van der Waals surface area contributed by atoms with Crippen molar-refractivity contribution >= 4 is 27.4 Å². The third-order valence-corrected chi connectivity index (χ3v) is 3.29. The number of anilines is 1. The molecule has 21 heavy (non-hydrogen) atoms. The minimum Gasteiger partial charge on any atom is -0.370 e. The Hall–Kier alpha value is -2.09. The average molecular weight is 358 g/mol. The highest BCUT2D eigenvalue weighted by atomic mass is 79.9. The number of hydrogen-bond donors (Lipinski definition) is 1. The molecule has 0 aliphatic heterocycles. The second-order valence-corrected chi connectivity index (χ2v) is 4.96. The molecule has 0 aliphatic rings. The Morgan fingerprint density at radius 3 is 2.71 bits per heavy atom. The standard InChI is InChI=1S/C13H10BrF2N3O2/c1-2-17-11-6-7(19(20)21)5-10(18-11)12-9(15)4-3-8(14)13(12)16/h3-6H,2H2,1H3,(H,17,18). The fraction of sp³-hybridized carbons (Fsp3) is 0.154. The summed E-state index contributed by atoms with van der Waals surface area (Å²) in [5, 5.41) is 13.7. The zero-order valence-electron chi connectivity index (χ0n) is 10.9. The first-order valence-electron chi connectivity index (χ1n) is 5.98. The fourth-order valence-corrected chi connectivity index (χ4v) is 2.11. The molecular weight excluding hydrogens is 348 g/mol. The van der Waals surface area contributed by atoms with E-state index >= 15 is 0 Å². The predicted octanol–water partition coefficient (Wildman–Crippen LogP) is 4.13. The Kier molecular flexibility index (Phi) is 4.46. The summed E-state index contributed by atoms with van der Waals surface area (Å²) in [7, 11) is 0. The summed E-state index contributed by atoms with van der Waals surface area (Å²) in [5.74, 6) is -1.52. The van der Waals surface area contributed by atoms with Gasteiger partial charge in [-0.15, -0.1) is 0 Å². The summed E-state index contributed by atoms with van der Waals surface area (Å²) in [5.41, 5.74) is -0.849. The first kappa shape index (κ1) is 15.3. The van der Waals surface area contributed by atoms with Crippen LogP contribution in [-0.4, -0.2) is 16.5 Å². The second kappa shape index (κ2) is 6.13. The fourth-order valence-electron chi connectivity index (χ4n) is 1.78. The van der Waals surface area contributed by atoms with Crippen LogP contribution in [0.25, 0.3) is 11.3 Å². The van der Waals surface area contributed by atoms with E-state index in [0.717, 1.165) is 12.1 Å². The summed E-state index contributed by atoms with van der Waals surface area (Å²) >= 11 is 2.96. The van der Waals surface area contributed by atoms with Crippen molar-refractivity contribution in [2.75, 3.05) is 11.9 Å². The molecule has 0 fully saturated rings. The van der Waals surface area contributed by atoms with Crippen LogP contribution in [0.15, 0.2) is 28.7 Å². The molecule has 0 unspecified atom stereocenters. The summed E-state index contributed by atoms with van der Waals surface area (Å²) in [4.78, 5) is 14.3. The van der Waals surface area contributed by atoms with E-state index in [-0.39, 0.29) is 21.7 Å². The Bertz CT molecular complexity index is 710. The lowest BCUT2D eigenvalue weighted by Gasteiger charge is -2.09. The molecule has 0 bridgehead atoms. The van der Waals surface area contributed by atoms with Crippen LogP contribution >= 0.6 is 15.9 Å². The monoisotopic (exact) mass is 357 g/mol. The maximum Gasteiger partial charge on any atom is 0.275 e. The lowest BCUT2D eigenvalue weighted by molar-refractivity contribution is -0.384. The molecule has 1 heterocycles. The molecule has 0 atom stereocenters. The highest BCUT2D eigenvalue weighted by molar-refractivity contribution is 9.10. The van der Waals surface area contributed by atoms with E-state index in [2.05, 4.69) is 26.2 Å². The number of aromatic nitrogens is 1. The molecule has 110 valence electrons. The van der Waals surface area contributed by atoms with Crippen molar-refractivity contribution in [1.29, 1.82) is 0 Å². The molecule has 1 N–H and O–H groups in total. The largest absolute Gasteiger partial charge is 0.370 e. The number of halogens is 3. The van der Waals surface area contributed by atoms with Crippen molar-refractivity contribution in [3.8, 4) is 11.3 Å². The first-order chi connectivity index (χ1) is 9.93. The normalized spacial score (nSPS) is 10.5. The zero-order chi connectivity index (χ0) is 15.6. The van der Waals surface area contributed by atoms with Crippen LogP contribution in [-0.2, 0) is 0 Å². The SMILES string of the molecule is CCNc1cc([N+](=O)[O-])cc(-c2c(F)ccc(Br)c2F)n1. The second-order valence-electron chi connectivity index (χ2n) is 4.10. The average Bonchev–Trinajstić information content (AvgIpc) is 2.43. The van der Waals surface area contributed by atoms with Crippen LogP contribution in [0.2, 0.25) is 0 Å². The highest BCUT2D eigenvalue weighted by Gasteiger charge is 2.19. The predicted molar refractivity (Wildman–Crippen MR) is 78.1 cm³/mol. The van der Waals surface area contributed by atoms with Gasteiger partial charge in [-0.05, 0) is 35.0 Å². The van der Waals surface area contributed by atoms with Gasteiger partial charge in [0.2, 0.25) is 0 Å². The minimum atomic E-state index is -0.856. The smallest absolute Gasteiger partial charge is 0.275 e. The topological polar surface area (TPSA) is 68.1 Å². The third-order valence-electron chi connectivity index (χ3n) is 2.68. The van der Waals surface area contributed by atoms with Gasteiger partial charge < -0.3 is 5.32 Å². The van der Waals surface area contributed by atoms with Crippen LogP contribution < -0.4 is 5.32 Å². The lowest BCUT2D eigenvalue weighted by Crippen LogP contribution is -2.03. The number of rotatable bonds is 4. The van der Waals surface area contributed by atoms with Crippen molar-refractivity contribution in [3.63, 3.8) is 0 Å². The molecule has 2 rings (SSSR count). The van der Waals surface area contributed by atoms with Gasteiger partial charge in [0.05, 0.1) is 26.7 Å². The van der Waals surface area contributed by atoms with Crippen LogP contribution in [0.3, 0.4) is 0 Å². The molecule has 8 heteroatoms. The quantitative estimate of drug-likeness (QED) is 0.507. The summed E-state index contributed by atoms with van der Waals surface area (Å²) in [6.45, 7) is 2.25. The van der Waals surface area contributed by atoms with Gasteiger partial charge in [-0.25, -0.2) is 13.8 Å². The first-order valence-corrected chi connectivity index (χ1v) is 6.77. The van der Waals surface area contributed by atoms with Gasteiger partial charge in [-0.1, -0.05) is 0 Å². The Morgan fingerprint density at radius 1 is 1.38 bits per heavy atom. The molecular formula is C13H10BrF2N3O2.